The summed E-state index contributed by atoms with van der Waals surface area (Å²) in [5.41, 5.74) is 2.76. The van der Waals surface area contributed by atoms with Crippen molar-refractivity contribution in [1.82, 2.24) is 9.78 Å². The van der Waals surface area contributed by atoms with Gasteiger partial charge < -0.3 is 9.47 Å². The highest BCUT2D eigenvalue weighted by Crippen LogP contribution is 2.21. The van der Waals surface area contributed by atoms with Crippen LogP contribution in [0.4, 0.5) is 4.39 Å². The molecule has 1 heterocycles. The molecule has 0 saturated carbocycles. The fourth-order valence-corrected chi connectivity index (χ4v) is 2.89. The number of aliphatic imine (C=N–C) groups is 1. The molecule has 0 radical (unpaired) electrons. The van der Waals surface area contributed by atoms with E-state index in [0.29, 0.717) is 22.7 Å². The molecule has 0 aliphatic heterocycles. The number of halogens is 1. The van der Waals surface area contributed by atoms with Gasteiger partial charge in [-0.3, -0.25) is 14.9 Å². The van der Waals surface area contributed by atoms with Gasteiger partial charge in [0.25, 0.3) is 5.56 Å². The molecule has 1 aromatic heterocycles. The van der Waals surface area contributed by atoms with Crippen LogP contribution in [0.5, 0.6) is 0 Å². The maximum absolute atomic E-state index is 13.3. The van der Waals surface area contributed by atoms with E-state index in [0.717, 1.165) is 5.56 Å². The van der Waals surface area contributed by atoms with Crippen molar-refractivity contribution < 1.29 is 13.9 Å². The summed E-state index contributed by atoms with van der Waals surface area (Å²) in [6, 6.07) is 15.2. The van der Waals surface area contributed by atoms with E-state index in [4.69, 9.17) is 9.47 Å². The number of rotatable bonds is 7. The smallest absolute Gasteiger partial charge is 0.280 e. The largest absolute Gasteiger partial charge is 0.354 e. The summed E-state index contributed by atoms with van der Waals surface area (Å²) in [5, 5.41) is 3.14. The summed E-state index contributed by atoms with van der Waals surface area (Å²) in [6.07, 6.45) is -0.492. The van der Waals surface area contributed by atoms with E-state index in [2.05, 4.69) is 10.1 Å². The summed E-state index contributed by atoms with van der Waals surface area (Å²) in [6.45, 7) is 2.03. The number of ether oxygens (including phenoxy) is 2. The second-order valence-corrected chi connectivity index (χ2v) is 6.17. The number of hydrogen-bond donors (Lipinski definition) is 1. The first-order valence-electron chi connectivity index (χ1n) is 8.78. The van der Waals surface area contributed by atoms with Crippen LogP contribution in [0.2, 0.25) is 0 Å². The molecule has 0 amide bonds. The minimum Gasteiger partial charge on any atom is -0.354 e. The number of hydrogen-bond acceptors (Lipinski definition) is 4. The van der Waals surface area contributed by atoms with Crippen molar-refractivity contribution in [2.45, 2.75) is 13.2 Å². The minimum absolute atomic E-state index is 0.258. The molecule has 0 spiro atoms. The Labute approximate surface area is 162 Å². The molecule has 7 heteroatoms. The maximum Gasteiger partial charge on any atom is 0.280 e. The highest BCUT2D eigenvalue weighted by molar-refractivity contribution is 6.03. The normalized spacial score (nSPS) is 12.0. The first-order chi connectivity index (χ1) is 13.5. The molecule has 3 aromatic rings. The standard InChI is InChI=1S/C21H22FN3O3/c1-14(23-13-18(27-2)28-3)19-20(15-7-5-4-6-8-15)24-25(21(19)26)17-11-9-16(22)10-12-17/h4-12,18,24H,13H2,1-3H3. The van der Waals surface area contributed by atoms with Crippen LogP contribution in [-0.4, -0.2) is 42.5 Å². The SMILES string of the molecule is COC(CN=C(C)c1c(-c2ccccc2)[nH]n(-c2ccc(F)cc2)c1=O)OC. The third kappa shape index (κ3) is 4.11. The van der Waals surface area contributed by atoms with Gasteiger partial charge >= 0.3 is 0 Å². The van der Waals surface area contributed by atoms with Gasteiger partial charge in [-0.15, -0.1) is 0 Å². The number of nitrogens with zero attached hydrogens (tertiary/aromatic N) is 2. The number of nitrogens with one attached hydrogen (secondary N) is 1. The molecule has 28 heavy (non-hydrogen) atoms. The Morgan fingerprint density at radius 2 is 1.75 bits per heavy atom. The average Bonchev–Trinajstić information content (AvgIpc) is 3.07. The first kappa shape index (κ1) is 19.7. The van der Waals surface area contributed by atoms with E-state index in [1.165, 1.54) is 31.0 Å². The van der Waals surface area contributed by atoms with Gasteiger partial charge in [-0.25, -0.2) is 9.07 Å². The van der Waals surface area contributed by atoms with Crippen molar-refractivity contribution in [1.29, 1.82) is 0 Å². The molecule has 2 aromatic carbocycles. The molecule has 0 unspecified atom stereocenters. The minimum atomic E-state index is -0.492. The van der Waals surface area contributed by atoms with Crippen LogP contribution in [-0.2, 0) is 9.47 Å². The lowest BCUT2D eigenvalue weighted by atomic mass is 10.1. The predicted molar refractivity (Wildman–Crippen MR) is 107 cm³/mol. The Kier molecular flexibility index (Phi) is 6.18. The van der Waals surface area contributed by atoms with E-state index >= 15 is 0 Å². The molecule has 0 aliphatic rings. The summed E-state index contributed by atoms with van der Waals surface area (Å²) in [5.74, 6) is -0.366. The van der Waals surface area contributed by atoms with E-state index in [9.17, 15) is 9.18 Å². The Bertz CT molecular complexity index is 1000. The van der Waals surface area contributed by atoms with Gasteiger partial charge in [0.2, 0.25) is 0 Å². The Morgan fingerprint density at radius 3 is 2.36 bits per heavy atom. The molecule has 3 rings (SSSR count). The fourth-order valence-electron chi connectivity index (χ4n) is 2.89. The van der Waals surface area contributed by atoms with Gasteiger partial charge in [0.05, 0.1) is 23.5 Å². The molecule has 146 valence electrons. The predicted octanol–water partition coefficient (Wildman–Crippen LogP) is 3.40. The Morgan fingerprint density at radius 1 is 1.11 bits per heavy atom. The lowest BCUT2D eigenvalue weighted by molar-refractivity contribution is -0.0936. The van der Waals surface area contributed by atoms with Crippen molar-refractivity contribution in [2.24, 2.45) is 4.99 Å². The van der Waals surface area contributed by atoms with E-state index in [1.54, 1.807) is 19.1 Å². The van der Waals surface area contributed by atoms with Gasteiger partial charge in [0.15, 0.2) is 6.29 Å². The van der Waals surface area contributed by atoms with Crippen LogP contribution in [0.3, 0.4) is 0 Å². The summed E-state index contributed by atoms with van der Waals surface area (Å²) in [4.78, 5) is 17.6. The van der Waals surface area contributed by atoms with Crippen molar-refractivity contribution in [3.63, 3.8) is 0 Å². The molecular weight excluding hydrogens is 361 g/mol. The molecule has 0 fully saturated rings. The van der Waals surface area contributed by atoms with Crippen molar-refractivity contribution in [3.05, 3.63) is 76.3 Å². The molecule has 6 nitrogen and oxygen atoms in total. The third-order valence-corrected chi connectivity index (χ3v) is 4.40. The Hall–Kier alpha value is -3.03. The number of aromatic nitrogens is 2. The number of benzene rings is 2. The van der Waals surface area contributed by atoms with Gasteiger partial charge in [-0.2, -0.15) is 0 Å². The maximum atomic E-state index is 13.3. The van der Waals surface area contributed by atoms with E-state index in [1.807, 2.05) is 30.3 Å². The summed E-state index contributed by atoms with van der Waals surface area (Å²) >= 11 is 0. The van der Waals surface area contributed by atoms with Crippen LogP contribution in [0.15, 0.2) is 64.4 Å². The van der Waals surface area contributed by atoms with E-state index in [-0.39, 0.29) is 17.9 Å². The highest BCUT2D eigenvalue weighted by Gasteiger charge is 2.19. The van der Waals surface area contributed by atoms with Crippen LogP contribution < -0.4 is 5.56 Å². The molecule has 0 saturated heterocycles. The van der Waals surface area contributed by atoms with Crippen molar-refractivity contribution >= 4 is 5.71 Å². The summed E-state index contributed by atoms with van der Waals surface area (Å²) < 4.78 is 25.0. The lowest BCUT2D eigenvalue weighted by Crippen LogP contribution is -2.21. The second kappa shape index (κ2) is 8.77. The van der Waals surface area contributed by atoms with Crippen LogP contribution in [0, 0.1) is 5.82 Å². The van der Waals surface area contributed by atoms with Crippen molar-refractivity contribution in [2.75, 3.05) is 20.8 Å². The lowest BCUT2D eigenvalue weighted by Gasteiger charge is -2.10. The molecular formula is C21H22FN3O3. The van der Waals surface area contributed by atoms with Gasteiger partial charge in [-0.05, 0) is 31.2 Å². The topological polar surface area (TPSA) is 68.6 Å². The zero-order chi connectivity index (χ0) is 20.1. The number of H-pyrrole nitrogens is 1. The van der Waals surface area contributed by atoms with Gasteiger partial charge in [0, 0.05) is 25.5 Å². The molecule has 0 bridgehead atoms. The number of aromatic amines is 1. The van der Waals surface area contributed by atoms with E-state index < -0.39 is 6.29 Å². The molecule has 1 N–H and O–H groups in total. The average molecular weight is 383 g/mol. The third-order valence-electron chi connectivity index (χ3n) is 4.40. The first-order valence-corrected chi connectivity index (χ1v) is 8.78. The van der Waals surface area contributed by atoms with Crippen LogP contribution >= 0.6 is 0 Å². The highest BCUT2D eigenvalue weighted by atomic mass is 19.1. The second-order valence-electron chi connectivity index (χ2n) is 6.17. The van der Waals surface area contributed by atoms with Crippen LogP contribution in [0.25, 0.3) is 16.9 Å². The van der Waals surface area contributed by atoms with Crippen molar-refractivity contribution in [3.8, 4) is 16.9 Å². The molecule has 0 aliphatic carbocycles. The van der Waals surface area contributed by atoms with Gasteiger partial charge in [0.1, 0.15) is 5.82 Å². The zero-order valence-electron chi connectivity index (χ0n) is 16.0. The number of methoxy groups -OCH3 is 2. The fraction of sp³-hybridized carbons (Fsp3) is 0.238. The monoisotopic (exact) mass is 383 g/mol. The van der Waals surface area contributed by atoms with Gasteiger partial charge in [-0.1, -0.05) is 30.3 Å². The zero-order valence-corrected chi connectivity index (χ0v) is 16.0. The summed E-state index contributed by atoms with van der Waals surface area (Å²) in [7, 11) is 3.07. The quantitative estimate of drug-likeness (QED) is 0.502. The van der Waals surface area contributed by atoms with Crippen LogP contribution in [0.1, 0.15) is 12.5 Å². The molecule has 0 atom stereocenters. The Balaban J connectivity index is 2.12.